The second-order valence-corrected chi connectivity index (χ2v) is 8.41. The molecule has 1 aliphatic rings. The van der Waals surface area contributed by atoms with Crippen LogP contribution in [-0.4, -0.2) is 72.7 Å². The van der Waals surface area contributed by atoms with Crippen molar-refractivity contribution in [2.24, 2.45) is 0 Å². The lowest BCUT2D eigenvalue weighted by atomic mass is 10.0. The minimum absolute atomic E-state index is 0.0796. The number of rotatable bonds is 6. The lowest BCUT2D eigenvalue weighted by Gasteiger charge is -2.38. The van der Waals surface area contributed by atoms with Crippen molar-refractivity contribution in [3.05, 3.63) is 35.9 Å². The summed E-state index contributed by atoms with van der Waals surface area (Å²) in [7, 11) is 1.19. The average Bonchev–Trinajstić information content (AvgIpc) is 2.70. The van der Waals surface area contributed by atoms with E-state index in [0.717, 1.165) is 32.5 Å². The number of amides is 2. The molecule has 1 aromatic rings. The van der Waals surface area contributed by atoms with Crippen LogP contribution in [0.1, 0.15) is 39.2 Å². The lowest BCUT2D eigenvalue weighted by Crippen LogP contribution is -2.51. The van der Waals surface area contributed by atoms with Gasteiger partial charge in [-0.1, -0.05) is 30.3 Å². The minimum Gasteiger partial charge on any atom is -0.462 e. The molecule has 1 fully saturated rings. The molecule has 166 valence electrons. The van der Waals surface area contributed by atoms with Crippen LogP contribution in [0.25, 0.3) is 0 Å². The fourth-order valence-electron chi connectivity index (χ4n) is 3.48. The molecule has 8 nitrogen and oxygen atoms in total. The molecular weight excluding hydrogens is 386 g/mol. The third-order valence-electron chi connectivity index (χ3n) is 4.89. The summed E-state index contributed by atoms with van der Waals surface area (Å²) < 4.78 is 9.84. The number of piperidine rings is 1. The smallest absolute Gasteiger partial charge is 0.407 e. The molecule has 0 unspecified atom stereocenters. The van der Waals surface area contributed by atoms with Crippen LogP contribution in [0.2, 0.25) is 0 Å². The van der Waals surface area contributed by atoms with Crippen LogP contribution in [0, 0.1) is 0 Å². The predicted octanol–water partition coefficient (Wildman–Crippen LogP) is 2.18. The van der Waals surface area contributed by atoms with E-state index in [-0.39, 0.29) is 19.1 Å². The van der Waals surface area contributed by atoms with Gasteiger partial charge in [-0.2, -0.15) is 0 Å². The molecular formula is C22H33N3O5. The zero-order valence-electron chi connectivity index (χ0n) is 18.3. The number of carbonyl (C=O) groups is 3. The zero-order chi connectivity index (χ0) is 22.1. The van der Waals surface area contributed by atoms with E-state index in [2.05, 4.69) is 27.1 Å². The number of hydrogen-bond acceptors (Lipinski definition) is 6. The number of hydrogen-bond donors (Lipinski definition) is 1. The quantitative estimate of drug-likeness (QED) is 0.562. The highest BCUT2D eigenvalue weighted by Gasteiger charge is 2.32. The average molecular weight is 420 g/mol. The number of nitrogens with one attached hydrogen (secondary N) is 1. The molecule has 0 bridgehead atoms. The van der Waals surface area contributed by atoms with Crippen LogP contribution in [0.15, 0.2) is 30.3 Å². The third-order valence-corrected chi connectivity index (χ3v) is 4.89. The van der Waals surface area contributed by atoms with Gasteiger partial charge in [-0.15, -0.1) is 0 Å². The molecule has 1 N–H and O–H groups in total. The van der Waals surface area contributed by atoms with E-state index in [9.17, 15) is 14.4 Å². The minimum atomic E-state index is -0.890. The Hall–Kier alpha value is -2.61. The van der Waals surface area contributed by atoms with Gasteiger partial charge in [0.1, 0.15) is 5.60 Å². The Morgan fingerprint density at radius 1 is 1.13 bits per heavy atom. The summed E-state index contributed by atoms with van der Waals surface area (Å²) in [6.45, 7) is 8.26. The standard InChI is InChI=1S/C22H33N3O5/c1-22(2,3)30-21(28)23-12-15-25(19(26)20(27)29-4)18-10-13-24(14-11-18)16-17-8-6-5-7-9-17/h5-9,18H,10-16H2,1-4H3,(H,23,28). The van der Waals surface area contributed by atoms with Crippen molar-refractivity contribution >= 4 is 18.0 Å². The monoisotopic (exact) mass is 419 g/mol. The molecule has 0 aliphatic carbocycles. The summed E-state index contributed by atoms with van der Waals surface area (Å²) in [5, 5.41) is 2.64. The number of likely N-dealkylation sites (tertiary alicyclic amines) is 1. The van der Waals surface area contributed by atoms with Crippen molar-refractivity contribution in [2.45, 2.75) is 51.8 Å². The summed E-state index contributed by atoms with van der Waals surface area (Å²) in [6, 6.07) is 10.2. The van der Waals surface area contributed by atoms with Gasteiger partial charge in [0.05, 0.1) is 7.11 Å². The number of benzene rings is 1. The second-order valence-electron chi connectivity index (χ2n) is 8.41. The summed E-state index contributed by atoms with van der Waals surface area (Å²) in [5.74, 6) is -1.57. The fourth-order valence-corrected chi connectivity index (χ4v) is 3.48. The molecule has 0 radical (unpaired) electrons. The molecule has 8 heteroatoms. The Morgan fingerprint density at radius 2 is 1.77 bits per heavy atom. The Labute approximate surface area is 178 Å². The van der Waals surface area contributed by atoms with E-state index >= 15 is 0 Å². The number of esters is 1. The summed E-state index contributed by atoms with van der Waals surface area (Å²) >= 11 is 0. The van der Waals surface area contributed by atoms with Gasteiger partial charge in [0.25, 0.3) is 0 Å². The van der Waals surface area contributed by atoms with E-state index in [4.69, 9.17) is 4.74 Å². The lowest BCUT2D eigenvalue weighted by molar-refractivity contribution is -0.160. The van der Waals surface area contributed by atoms with Crippen LogP contribution in [0.4, 0.5) is 4.79 Å². The number of carbonyl (C=O) groups excluding carboxylic acids is 3. The maximum atomic E-state index is 12.5. The third kappa shape index (κ3) is 7.67. The van der Waals surface area contributed by atoms with Crippen molar-refractivity contribution in [3.63, 3.8) is 0 Å². The Kier molecular flexibility index (Phi) is 8.65. The molecule has 30 heavy (non-hydrogen) atoms. The molecule has 1 heterocycles. The zero-order valence-corrected chi connectivity index (χ0v) is 18.3. The van der Waals surface area contributed by atoms with Crippen LogP contribution in [0.3, 0.4) is 0 Å². The molecule has 0 saturated carbocycles. The van der Waals surface area contributed by atoms with Crippen molar-refractivity contribution in [2.75, 3.05) is 33.3 Å². The second kappa shape index (κ2) is 11.0. The number of methoxy groups -OCH3 is 1. The van der Waals surface area contributed by atoms with Gasteiger partial charge in [-0.25, -0.2) is 9.59 Å². The Bertz CT molecular complexity index is 709. The first-order valence-corrected chi connectivity index (χ1v) is 10.3. The van der Waals surface area contributed by atoms with Crippen LogP contribution < -0.4 is 5.32 Å². The van der Waals surface area contributed by atoms with Crippen molar-refractivity contribution < 1.29 is 23.9 Å². The van der Waals surface area contributed by atoms with Crippen molar-refractivity contribution in [1.29, 1.82) is 0 Å². The van der Waals surface area contributed by atoms with E-state index in [1.807, 2.05) is 18.2 Å². The van der Waals surface area contributed by atoms with Crippen molar-refractivity contribution in [1.82, 2.24) is 15.1 Å². The molecule has 0 atom stereocenters. The molecule has 2 rings (SSSR count). The Balaban J connectivity index is 1.91. The summed E-state index contributed by atoms with van der Waals surface area (Å²) in [4.78, 5) is 40.1. The van der Waals surface area contributed by atoms with E-state index in [1.54, 1.807) is 20.8 Å². The molecule has 0 spiro atoms. The van der Waals surface area contributed by atoms with E-state index < -0.39 is 23.6 Å². The molecule has 1 aromatic carbocycles. The van der Waals surface area contributed by atoms with Gasteiger partial charge in [0, 0.05) is 38.8 Å². The first-order valence-electron chi connectivity index (χ1n) is 10.3. The molecule has 1 saturated heterocycles. The van der Waals surface area contributed by atoms with Crippen LogP contribution in [-0.2, 0) is 25.6 Å². The van der Waals surface area contributed by atoms with Gasteiger partial charge in [-0.05, 0) is 39.2 Å². The van der Waals surface area contributed by atoms with Gasteiger partial charge >= 0.3 is 18.0 Å². The highest BCUT2D eigenvalue weighted by atomic mass is 16.6. The van der Waals surface area contributed by atoms with Crippen molar-refractivity contribution in [3.8, 4) is 0 Å². The highest BCUT2D eigenvalue weighted by Crippen LogP contribution is 2.19. The van der Waals surface area contributed by atoms with Gasteiger partial charge < -0.3 is 19.7 Å². The van der Waals surface area contributed by atoms with Gasteiger partial charge in [-0.3, -0.25) is 9.69 Å². The summed E-state index contributed by atoms with van der Waals surface area (Å²) in [5.41, 5.74) is 0.650. The van der Waals surface area contributed by atoms with Gasteiger partial charge in [0.15, 0.2) is 0 Å². The SMILES string of the molecule is COC(=O)C(=O)N(CCNC(=O)OC(C)(C)C)C1CCN(Cc2ccccc2)CC1. The maximum Gasteiger partial charge on any atom is 0.407 e. The maximum absolute atomic E-state index is 12.5. The first kappa shape index (κ1) is 23.7. The van der Waals surface area contributed by atoms with E-state index in [0.29, 0.717) is 0 Å². The van der Waals surface area contributed by atoms with Gasteiger partial charge in [0.2, 0.25) is 0 Å². The fraction of sp³-hybridized carbons (Fsp3) is 0.591. The normalized spacial score (nSPS) is 15.3. The topological polar surface area (TPSA) is 88.2 Å². The first-order chi connectivity index (χ1) is 14.2. The summed E-state index contributed by atoms with van der Waals surface area (Å²) in [6.07, 6.45) is 0.954. The molecule has 2 amide bonds. The van der Waals surface area contributed by atoms with Crippen LogP contribution in [0.5, 0.6) is 0 Å². The Morgan fingerprint density at radius 3 is 2.33 bits per heavy atom. The number of nitrogens with zero attached hydrogens (tertiary/aromatic N) is 2. The van der Waals surface area contributed by atoms with E-state index in [1.165, 1.54) is 17.6 Å². The largest absolute Gasteiger partial charge is 0.462 e. The van der Waals surface area contributed by atoms with Crippen LogP contribution >= 0.6 is 0 Å². The molecule has 0 aromatic heterocycles. The number of ether oxygens (including phenoxy) is 2. The predicted molar refractivity (Wildman–Crippen MR) is 113 cm³/mol. The highest BCUT2D eigenvalue weighted by molar-refractivity contribution is 6.32. The molecule has 1 aliphatic heterocycles. The number of alkyl carbamates (subject to hydrolysis) is 1.